The smallest absolute Gasteiger partial charge is 0.157 e. The first-order valence-electron chi connectivity index (χ1n) is 5.99. The third-order valence-corrected chi connectivity index (χ3v) is 2.76. The zero-order chi connectivity index (χ0) is 11.1. The Morgan fingerprint density at radius 1 is 1.67 bits per heavy atom. The molecular weight excluding hydrogens is 150 g/mol. The van der Waals surface area contributed by atoms with Crippen LogP contribution in [0.4, 0.5) is 0 Å². The van der Waals surface area contributed by atoms with Crippen LogP contribution in [0.25, 0.3) is 0 Å². The average molecular weight is 168 g/mol. The number of rotatable bonds is 1. The van der Waals surface area contributed by atoms with Gasteiger partial charge in [-0.05, 0) is 32.5 Å². The second kappa shape index (κ2) is 3.02. The van der Waals surface area contributed by atoms with E-state index >= 15 is 0 Å². The maximum absolute atomic E-state index is 11.7. The molecule has 2 nitrogen and oxygen atoms in total. The first-order chi connectivity index (χ1) is 6.98. The number of allylic oxidation sites excluding steroid dienone is 1. The molecule has 0 aromatic rings. The second-order valence-corrected chi connectivity index (χ2v) is 3.56. The Balaban J connectivity index is 2.20. The number of ketones is 1. The molecule has 0 amide bonds. The summed E-state index contributed by atoms with van der Waals surface area (Å²) >= 11 is 0. The SMILES string of the molecule is [2H]C([2H])([2H])C(=O)C1=CCC[C@@H]2CC[C@H]1N2. The van der Waals surface area contributed by atoms with Crippen LogP contribution in [-0.4, -0.2) is 17.9 Å². The fourth-order valence-corrected chi connectivity index (χ4v) is 2.13. The quantitative estimate of drug-likeness (QED) is 0.641. The van der Waals surface area contributed by atoms with Crippen molar-refractivity contribution in [2.24, 2.45) is 0 Å². The predicted molar refractivity (Wildman–Crippen MR) is 47.9 cm³/mol. The van der Waals surface area contributed by atoms with Gasteiger partial charge in [0.05, 0.1) is 0 Å². The van der Waals surface area contributed by atoms with Crippen LogP contribution in [-0.2, 0) is 4.79 Å². The minimum Gasteiger partial charge on any atom is -0.307 e. The third-order valence-electron chi connectivity index (χ3n) is 2.76. The van der Waals surface area contributed by atoms with E-state index in [-0.39, 0.29) is 6.04 Å². The van der Waals surface area contributed by atoms with Crippen LogP contribution in [0.3, 0.4) is 0 Å². The van der Waals surface area contributed by atoms with Crippen LogP contribution in [0.15, 0.2) is 11.6 Å². The molecule has 0 saturated carbocycles. The summed E-state index contributed by atoms with van der Waals surface area (Å²) < 4.78 is 21.4. The lowest BCUT2D eigenvalue weighted by Crippen LogP contribution is -2.30. The molecule has 1 fully saturated rings. The molecule has 2 heteroatoms. The Hall–Kier alpha value is -0.630. The van der Waals surface area contributed by atoms with Crippen LogP contribution in [0.2, 0.25) is 0 Å². The van der Waals surface area contributed by atoms with E-state index in [1.807, 2.05) is 6.08 Å². The van der Waals surface area contributed by atoms with Gasteiger partial charge >= 0.3 is 0 Å². The van der Waals surface area contributed by atoms with Crippen molar-refractivity contribution in [3.05, 3.63) is 11.6 Å². The van der Waals surface area contributed by atoms with Crippen LogP contribution in [0.5, 0.6) is 0 Å². The highest BCUT2D eigenvalue weighted by atomic mass is 16.1. The number of nitrogens with one attached hydrogen (secondary N) is 1. The Kier molecular flexibility index (Phi) is 1.30. The van der Waals surface area contributed by atoms with E-state index in [9.17, 15) is 4.79 Å². The fraction of sp³-hybridized carbons (Fsp3) is 0.700. The molecule has 0 aliphatic carbocycles. The van der Waals surface area contributed by atoms with E-state index < -0.39 is 12.6 Å². The maximum Gasteiger partial charge on any atom is 0.157 e. The van der Waals surface area contributed by atoms with E-state index in [2.05, 4.69) is 5.32 Å². The molecule has 0 aromatic heterocycles. The highest BCUT2D eigenvalue weighted by Crippen LogP contribution is 2.26. The first-order valence-corrected chi connectivity index (χ1v) is 4.49. The van der Waals surface area contributed by atoms with E-state index in [4.69, 9.17) is 4.11 Å². The Labute approximate surface area is 77.2 Å². The zero-order valence-electron chi connectivity index (χ0n) is 9.97. The zero-order valence-corrected chi connectivity index (χ0v) is 6.97. The lowest BCUT2D eigenvalue weighted by atomic mass is 9.98. The normalized spacial score (nSPS) is 39.0. The summed E-state index contributed by atoms with van der Waals surface area (Å²) in [5, 5.41) is 3.32. The van der Waals surface area contributed by atoms with E-state index in [0.717, 1.165) is 25.7 Å². The molecule has 0 aromatic carbocycles. The van der Waals surface area contributed by atoms with Crippen molar-refractivity contribution in [3.63, 3.8) is 0 Å². The highest BCUT2D eigenvalue weighted by Gasteiger charge is 2.29. The van der Waals surface area contributed by atoms with Crippen molar-refractivity contribution < 1.29 is 8.91 Å². The van der Waals surface area contributed by atoms with Crippen molar-refractivity contribution in [2.75, 3.05) is 0 Å². The van der Waals surface area contributed by atoms with Crippen LogP contribution in [0, 0.1) is 0 Å². The van der Waals surface area contributed by atoms with Gasteiger partial charge in [0, 0.05) is 21.8 Å². The van der Waals surface area contributed by atoms with Gasteiger partial charge in [0.25, 0.3) is 0 Å². The van der Waals surface area contributed by atoms with Gasteiger partial charge in [-0.3, -0.25) is 4.79 Å². The summed E-state index contributed by atoms with van der Waals surface area (Å²) in [6.45, 7) is -2.49. The fourth-order valence-electron chi connectivity index (χ4n) is 2.13. The summed E-state index contributed by atoms with van der Waals surface area (Å²) in [6, 6.07) is 0.443. The van der Waals surface area contributed by atoms with Crippen molar-refractivity contribution in [3.8, 4) is 0 Å². The lowest BCUT2D eigenvalue weighted by Gasteiger charge is -2.11. The largest absolute Gasteiger partial charge is 0.307 e. The minimum absolute atomic E-state index is 0.0228. The van der Waals surface area contributed by atoms with Gasteiger partial charge in [0.15, 0.2) is 5.78 Å². The van der Waals surface area contributed by atoms with Gasteiger partial charge in [0.2, 0.25) is 0 Å². The topological polar surface area (TPSA) is 29.1 Å². The highest BCUT2D eigenvalue weighted by molar-refractivity contribution is 5.94. The van der Waals surface area contributed by atoms with Crippen molar-refractivity contribution in [1.82, 2.24) is 5.32 Å². The van der Waals surface area contributed by atoms with E-state index in [1.54, 1.807) is 0 Å². The molecule has 66 valence electrons. The standard InChI is InChI=1S/C10H15NO/c1-7(12)9-4-2-3-8-5-6-10(9)11-8/h4,8,10-11H,2-3,5-6H2,1H3/t8-,10-/m1/s1/i1D3. The molecule has 2 bridgehead atoms. The summed E-state index contributed by atoms with van der Waals surface area (Å²) in [4.78, 5) is 11.7. The van der Waals surface area contributed by atoms with Crippen LogP contribution in [0.1, 0.15) is 36.6 Å². The van der Waals surface area contributed by atoms with Gasteiger partial charge < -0.3 is 5.32 Å². The number of carbonyl (C=O) groups is 1. The third kappa shape index (κ3) is 1.31. The van der Waals surface area contributed by atoms with Gasteiger partial charge in [-0.1, -0.05) is 6.08 Å². The first kappa shape index (κ1) is 5.18. The molecule has 2 aliphatic heterocycles. The minimum atomic E-state index is -2.49. The van der Waals surface area contributed by atoms with Gasteiger partial charge in [-0.2, -0.15) is 0 Å². The summed E-state index contributed by atoms with van der Waals surface area (Å²) in [5.41, 5.74) is 0.481. The molecule has 2 aliphatic rings. The van der Waals surface area contributed by atoms with E-state index in [1.165, 1.54) is 0 Å². The molecule has 2 rings (SSSR count). The summed E-state index contributed by atoms with van der Waals surface area (Å²) in [5.74, 6) is -0.678. The van der Waals surface area contributed by atoms with Crippen LogP contribution >= 0.6 is 0 Å². The number of fused-ring (bicyclic) bond motifs is 2. The molecule has 1 N–H and O–H groups in total. The van der Waals surface area contributed by atoms with Crippen LogP contribution < -0.4 is 5.32 Å². The molecule has 0 unspecified atom stereocenters. The van der Waals surface area contributed by atoms with Gasteiger partial charge in [-0.25, -0.2) is 0 Å². The Morgan fingerprint density at radius 3 is 3.42 bits per heavy atom. The molecule has 2 heterocycles. The van der Waals surface area contributed by atoms with Gasteiger partial charge in [-0.15, -0.1) is 0 Å². The molecule has 2 atom stereocenters. The summed E-state index contributed by atoms with van der Waals surface area (Å²) in [6.07, 6.45) is 5.57. The van der Waals surface area contributed by atoms with Crippen molar-refractivity contribution in [1.29, 1.82) is 0 Å². The Morgan fingerprint density at radius 2 is 2.58 bits per heavy atom. The number of hydrogen-bond donors (Lipinski definition) is 1. The summed E-state index contributed by atoms with van der Waals surface area (Å²) in [7, 11) is 0. The number of Topliss-reactive ketones (excluding diaryl/α,β-unsaturated/α-hetero) is 1. The molecule has 12 heavy (non-hydrogen) atoms. The molecule has 1 saturated heterocycles. The van der Waals surface area contributed by atoms with Crippen molar-refractivity contribution in [2.45, 2.75) is 44.6 Å². The number of hydrogen-bond acceptors (Lipinski definition) is 2. The van der Waals surface area contributed by atoms with Gasteiger partial charge in [0.1, 0.15) is 0 Å². The second-order valence-electron chi connectivity index (χ2n) is 3.56. The average Bonchev–Trinajstić information content (AvgIpc) is 2.45. The van der Waals surface area contributed by atoms with E-state index in [0.29, 0.717) is 11.6 Å². The lowest BCUT2D eigenvalue weighted by molar-refractivity contribution is -0.113. The monoisotopic (exact) mass is 168 g/mol. The Bertz CT molecular complexity index is 308. The van der Waals surface area contributed by atoms with Crippen molar-refractivity contribution >= 4 is 5.78 Å². The molecule has 0 radical (unpaired) electrons. The molecular formula is C10H15NO. The maximum atomic E-state index is 11.7. The predicted octanol–water partition coefficient (Wildman–Crippen LogP) is 1.42. The number of carbonyl (C=O) groups excluding carboxylic acids is 1. The molecule has 0 spiro atoms.